The molecule has 0 aliphatic carbocycles. The summed E-state index contributed by atoms with van der Waals surface area (Å²) in [6.07, 6.45) is 2.59. The van der Waals surface area contributed by atoms with Crippen molar-refractivity contribution >= 4 is 35.5 Å². The Balaban J connectivity index is 1.68. The van der Waals surface area contributed by atoms with E-state index in [1.165, 1.54) is 11.8 Å². The van der Waals surface area contributed by atoms with Crippen molar-refractivity contribution in [3.05, 3.63) is 64.7 Å². The number of carbonyl (C=O) groups excluding carboxylic acids is 1. The van der Waals surface area contributed by atoms with Crippen molar-refractivity contribution in [2.75, 3.05) is 12.4 Å². The highest BCUT2D eigenvalue weighted by atomic mass is 35.5. The largest absolute Gasteiger partial charge is 0.494 e. The molecule has 0 spiro atoms. The first-order valence-corrected chi connectivity index (χ1v) is 9.57. The van der Waals surface area contributed by atoms with Gasteiger partial charge in [0.25, 0.3) is 0 Å². The summed E-state index contributed by atoms with van der Waals surface area (Å²) in [5.41, 5.74) is 4.57. The molecule has 1 amide bonds. The van der Waals surface area contributed by atoms with E-state index in [0.29, 0.717) is 17.4 Å². The fourth-order valence-electron chi connectivity index (χ4n) is 1.92. The molecule has 0 aromatic heterocycles. The highest BCUT2D eigenvalue weighted by Gasteiger charge is 2.01. The molecule has 0 unspecified atom stereocenters. The van der Waals surface area contributed by atoms with Crippen molar-refractivity contribution in [3.63, 3.8) is 0 Å². The predicted octanol–water partition coefficient (Wildman–Crippen LogP) is 4.51. The van der Waals surface area contributed by atoms with E-state index >= 15 is 0 Å². The predicted molar refractivity (Wildman–Crippen MR) is 106 cm³/mol. The van der Waals surface area contributed by atoms with Crippen LogP contribution in [0.5, 0.6) is 5.75 Å². The third-order valence-corrected chi connectivity index (χ3v) is 4.43. The smallest absolute Gasteiger partial charge is 0.250 e. The number of halogens is 1. The topological polar surface area (TPSA) is 50.7 Å². The Kier molecular flexibility index (Phi) is 8.35. The third kappa shape index (κ3) is 7.63. The van der Waals surface area contributed by atoms with Gasteiger partial charge in [0.1, 0.15) is 5.75 Å². The molecule has 2 aromatic carbocycles. The van der Waals surface area contributed by atoms with E-state index in [2.05, 4.69) is 17.5 Å². The van der Waals surface area contributed by atoms with Gasteiger partial charge >= 0.3 is 0 Å². The van der Waals surface area contributed by atoms with Crippen LogP contribution in [0, 0.1) is 0 Å². The number of carbonyl (C=O) groups is 1. The minimum absolute atomic E-state index is 0.127. The SMILES string of the molecule is CCCOc1ccc(/C=N/NC(=O)CSCc2ccc(Cl)cc2)cc1. The highest BCUT2D eigenvalue weighted by molar-refractivity contribution is 7.99. The van der Waals surface area contributed by atoms with Crippen LogP contribution in [0.4, 0.5) is 0 Å². The zero-order chi connectivity index (χ0) is 17.9. The molecule has 0 aliphatic rings. The molecule has 0 fully saturated rings. The van der Waals surface area contributed by atoms with Gasteiger partial charge in [0.2, 0.25) is 5.91 Å². The monoisotopic (exact) mass is 376 g/mol. The lowest BCUT2D eigenvalue weighted by Gasteiger charge is -2.04. The molecular weight excluding hydrogens is 356 g/mol. The number of hydrogen-bond donors (Lipinski definition) is 1. The quantitative estimate of drug-likeness (QED) is 0.517. The summed E-state index contributed by atoms with van der Waals surface area (Å²) in [5.74, 6) is 1.82. The van der Waals surface area contributed by atoms with Crippen LogP contribution >= 0.6 is 23.4 Å². The molecular formula is C19H21ClN2O2S. The number of benzene rings is 2. The fourth-order valence-corrected chi connectivity index (χ4v) is 2.83. The summed E-state index contributed by atoms with van der Waals surface area (Å²) in [4.78, 5) is 11.8. The Hall–Kier alpha value is -1.98. The average molecular weight is 377 g/mol. The molecule has 0 atom stereocenters. The summed E-state index contributed by atoms with van der Waals surface area (Å²) in [7, 11) is 0. The lowest BCUT2D eigenvalue weighted by Crippen LogP contribution is -2.19. The molecule has 25 heavy (non-hydrogen) atoms. The molecule has 0 radical (unpaired) electrons. The van der Waals surface area contributed by atoms with Crippen LogP contribution < -0.4 is 10.2 Å². The van der Waals surface area contributed by atoms with Crippen LogP contribution in [0.15, 0.2) is 53.6 Å². The van der Waals surface area contributed by atoms with Crippen molar-refractivity contribution in [3.8, 4) is 5.75 Å². The van der Waals surface area contributed by atoms with Gasteiger partial charge in [0, 0.05) is 10.8 Å². The minimum atomic E-state index is -0.127. The van der Waals surface area contributed by atoms with E-state index in [1.54, 1.807) is 6.21 Å². The zero-order valence-electron chi connectivity index (χ0n) is 14.1. The van der Waals surface area contributed by atoms with E-state index in [9.17, 15) is 4.79 Å². The summed E-state index contributed by atoms with van der Waals surface area (Å²) in [6.45, 7) is 2.77. The standard InChI is InChI=1S/C19H21ClN2O2S/c1-2-11-24-18-9-5-15(6-10-18)12-21-22-19(23)14-25-13-16-3-7-17(20)8-4-16/h3-10,12H,2,11,13-14H2,1H3,(H,22,23)/b21-12+. The van der Waals surface area contributed by atoms with Gasteiger partial charge in [-0.05, 0) is 53.9 Å². The molecule has 4 nitrogen and oxygen atoms in total. The lowest BCUT2D eigenvalue weighted by molar-refractivity contribution is -0.118. The van der Waals surface area contributed by atoms with Gasteiger partial charge in [-0.3, -0.25) is 4.79 Å². The van der Waals surface area contributed by atoms with Crippen molar-refractivity contribution in [1.29, 1.82) is 0 Å². The number of hydrogen-bond acceptors (Lipinski definition) is 4. The van der Waals surface area contributed by atoms with E-state index in [4.69, 9.17) is 16.3 Å². The van der Waals surface area contributed by atoms with Gasteiger partial charge in [0.15, 0.2) is 0 Å². The molecule has 0 heterocycles. The van der Waals surface area contributed by atoms with Crippen LogP contribution in [0.25, 0.3) is 0 Å². The van der Waals surface area contributed by atoms with E-state index in [0.717, 1.165) is 29.1 Å². The molecule has 0 saturated carbocycles. The van der Waals surface area contributed by atoms with Crippen LogP contribution in [0.1, 0.15) is 24.5 Å². The maximum atomic E-state index is 11.8. The Morgan fingerprint density at radius 3 is 2.60 bits per heavy atom. The van der Waals surface area contributed by atoms with Crippen molar-refractivity contribution in [2.45, 2.75) is 19.1 Å². The highest BCUT2D eigenvalue weighted by Crippen LogP contribution is 2.15. The summed E-state index contributed by atoms with van der Waals surface area (Å²) >= 11 is 7.37. The molecule has 6 heteroatoms. The number of thioether (sulfide) groups is 1. The Morgan fingerprint density at radius 1 is 1.20 bits per heavy atom. The molecule has 0 bridgehead atoms. The first-order valence-electron chi connectivity index (χ1n) is 8.04. The molecule has 0 saturated heterocycles. The zero-order valence-corrected chi connectivity index (χ0v) is 15.6. The molecule has 1 N–H and O–H groups in total. The van der Waals surface area contributed by atoms with Gasteiger partial charge in [-0.1, -0.05) is 30.7 Å². The fraction of sp³-hybridized carbons (Fsp3) is 0.263. The van der Waals surface area contributed by atoms with Gasteiger partial charge in [-0.25, -0.2) is 5.43 Å². The van der Waals surface area contributed by atoms with Crippen molar-refractivity contribution < 1.29 is 9.53 Å². The number of nitrogens with one attached hydrogen (secondary N) is 1. The van der Waals surface area contributed by atoms with Crippen molar-refractivity contribution in [1.82, 2.24) is 5.43 Å². The van der Waals surface area contributed by atoms with Gasteiger partial charge < -0.3 is 4.74 Å². The molecule has 2 aromatic rings. The first-order chi connectivity index (χ1) is 12.2. The Labute approximate surface area is 157 Å². The lowest BCUT2D eigenvalue weighted by atomic mass is 10.2. The summed E-state index contributed by atoms with van der Waals surface area (Å²) in [5, 5.41) is 4.69. The second-order valence-corrected chi connectivity index (χ2v) is 6.75. The van der Waals surface area contributed by atoms with Crippen molar-refractivity contribution in [2.24, 2.45) is 5.10 Å². The summed E-state index contributed by atoms with van der Waals surface area (Å²) < 4.78 is 5.52. The third-order valence-electron chi connectivity index (χ3n) is 3.17. The van der Waals surface area contributed by atoms with Crippen LogP contribution in [0.2, 0.25) is 5.02 Å². The molecule has 0 aliphatic heterocycles. The van der Waals surface area contributed by atoms with E-state index in [1.807, 2.05) is 48.5 Å². The first kappa shape index (κ1) is 19.3. The maximum Gasteiger partial charge on any atom is 0.250 e. The summed E-state index contributed by atoms with van der Waals surface area (Å²) in [6, 6.07) is 15.2. The van der Waals surface area contributed by atoms with Gasteiger partial charge in [-0.15, -0.1) is 11.8 Å². The van der Waals surface area contributed by atoms with Crippen LogP contribution in [-0.4, -0.2) is 24.5 Å². The van der Waals surface area contributed by atoms with E-state index < -0.39 is 0 Å². The maximum absolute atomic E-state index is 11.8. The number of amides is 1. The minimum Gasteiger partial charge on any atom is -0.494 e. The number of ether oxygens (including phenoxy) is 1. The van der Waals surface area contributed by atoms with Gasteiger partial charge in [-0.2, -0.15) is 5.10 Å². The number of hydrazone groups is 1. The number of rotatable bonds is 9. The Bertz CT molecular complexity index is 688. The van der Waals surface area contributed by atoms with Crippen LogP contribution in [-0.2, 0) is 10.5 Å². The van der Waals surface area contributed by atoms with E-state index in [-0.39, 0.29) is 5.91 Å². The average Bonchev–Trinajstić information content (AvgIpc) is 2.63. The second-order valence-electron chi connectivity index (χ2n) is 5.33. The van der Waals surface area contributed by atoms with Gasteiger partial charge in [0.05, 0.1) is 18.6 Å². The second kappa shape index (κ2) is 10.8. The molecule has 132 valence electrons. The Morgan fingerprint density at radius 2 is 1.92 bits per heavy atom. The number of nitrogens with zero attached hydrogens (tertiary/aromatic N) is 1. The van der Waals surface area contributed by atoms with Crippen LogP contribution in [0.3, 0.4) is 0 Å². The molecule has 2 rings (SSSR count). The normalized spacial score (nSPS) is 10.8.